The molecule has 1 atom stereocenters. The maximum absolute atomic E-state index is 11.2. The molecule has 0 radical (unpaired) electrons. The van der Waals surface area contributed by atoms with Gasteiger partial charge in [0.2, 0.25) is 10.3 Å². The van der Waals surface area contributed by atoms with E-state index in [0.717, 1.165) is 0 Å². The molecule has 0 bridgehead atoms. The summed E-state index contributed by atoms with van der Waals surface area (Å²) in [5, 5.41) is -0.755. The lowest BCUT2D eigenvalue weighted by Crippen LogP contribution is -2.33. The van der Waals surface area contributed by atoms with E-state index in [1.54, 1.807) is 6.92 Å². The summed E-state index contributed by atoms with van der Waals surface area (Å²) in [4.78, 5) is 11.1. The fourth-order valence-corrected chi connectivity index (χ4v) is 2.59. The number of hydrogen-bond acceptors (Lipinski definition) is 5. The Balaban J connectivity index is 3.57. The Labute approximate surface area is 105 Å². The molecule has 1 unspecified atom stereocenters. The van der Waals surface area contributed by atoms with Gasteiger partial charge in [0.15, 0.2) is 0 Å². The number of rotatable bonds is 3. The summed E-state index contributed by atoms with van der Waals surface area (Å²) in [5.74, 6) is 0.173. The normalized spacial score (nSPS) is 20.1. The van der Waals surface area contributed by atoms with Crippen LogP contribution in [0.15, 0.2) is 23.0 Å². The maximum atomic E-state index is 11.2. The molecule has 0 N–H and O–H groups in total. The zero-order valence-electron chi connectivity index (χ0n) is 9.48. The Morgan fingerprint density at radius 1 is 1.41 bits per heavy atom. The summed E-state index contributed by atoms with van der Waals surface area (Å²) in [6.45, 7) is 1.62. The highest BCUT2D eigenvalue weighted by Crippen LogP contribution is 2.25. The van der Waals surface area contributed by atoms with Crippen LogP contribution in [0.1, 0.15) is 6.92 Å². The molecule has 0 aromatic heterocycles. The average Bonchev–Trinajstić information content (AvgIpc) is 2.26. The van der Waals surface area contributed by atoms with Gasteiger partial charge in [-0.05, 0) is 30.2 Å². The van der Waals surface area contributed by atoms with Crippen LogP contribution in [-0.2, 0) is 24.6 Å². The maximum Gasteiger partial charge on any atom is 0.251 e. The number of carbonyl (C=O) groups is 1. The summed E-state index contributed by atoms with van der Waals surface area (Å²) in [6.07, 6.45) is 0.426. The lowest BCUT2D eigenvalue weighted by atomic mass is 9.96. The molecule has 7 heteroatoms. The summed E-state index contributed by atoms with van der Waals surface area (Å²) in [6, 6.07) is 0. The molecule has 5 nitrogen and oxygen atoms in total. The monoisotopic (exact) mass is 278 g/mol. The number of hydrogen-bond donors (Lipinski definition) is 0. The van der Waals surface area contributed by atoms with E-state index in [0.29, 0.717) is 5.57 Å². The molecular weight excluding hydrogens is 268 g/mol. The van der Waals surface area contributed by atoms with Crippen LogP contribution in [0, 0.1) is 0 Å². The van der Waals surface area contributed by atoms with E-state index in [4.69, 9.17) is 21.1 Å². The van der Waals surface area contributed by atoms with Gasteiger partial charge in [-0.15, -0.1) is 0 Å². The van der Waals surface area contributed by atoms with E-state index in [9.17, 15) is 13.2 Å². The van der Waals surface area contributed by atoms with Gasteiger partial charge in [0.25, 0.3) is 5.24 Å². The van der Waals surface area contributed by atoms with E-state index in [1.165, 1.54) is 20.3 Å². The predicted octanol–water partition coefficient (Wildman–Crippen LogP) is 0.679. The van der Waals surface area contributed by atoms with Crippen LogP contribution in [-0.4, -0.2) is 38.8 Å². The third-order valence-electron chi connectivity index (χ3n) is 2.32. The highest BCUT2D eigenvalue weighted by atomic mass is 35.5. The Bertz CT molecular complexity index is 533. The van der Waals surface area contributed by atoms with Gasteiger partial charge >= 0.3 is 0 Å². The van der Waals surface area contributed by atoms with Crippen molar-refractivity contribution >= 4 is 32.0 Å². The smallest absolute Gasteiger partial charge is 0.251 e. The summed E-state index contributed by atoms with van der Waals surface area (Å²) < 4.78 is 32.4. The standard InChI is InChI=1S/C10H11ClO5S/c1-5-4-6(10(11)12)8(16-3)9(17(13)14)7(5)15-2/h4,8H,1-3H3. The van der Waals surface area contributed by atoms with Crippen molar-refractivity contribution in [2.24, 2.45) is 0 Å². The van der Waals surface area contributed by atoms with Crippen LogP contribution in [0.3, 0.4) is 0 Å². The molecule has 0 saturated carbocycles. The van der Waals surface area contributed by atoms with Crippen molar-refractivity contribution < 1.29 is 22.7 Å². The van der Waals surface area contributed by atoms with Gasteiger partial charge in [-0.1, -0.05) is 0 Å². The zero-order valence-corrected chi connectivity index (χ0v) is 11.1. The first-order valence-corrected chi connectivity index (χ1v) is 6.04. The topological polar surface area (TPSA) is 69.7 Å². The lowest BCUT2D eigenvalue weighted by molar-refractivity contribution is -0.109. The van der Waals surface area contributed by atoms with Crippen LogP contribution in [0.2, 0.25) is 0 Å². The molecule has 0 heterocycles. The van der Waals surface area contributed by atoms with Crippen LogP contribution >= 0.6 is 11.6 Å². The second kappa shape index (κ2) is 5.48. The van der Waals surface area contributed by atoms with Crippen molar-refractivity contribution in [2.45, 2.75) is 13.0 Å². The minimum atomic E-state index is -2.56. The van der Waals surface area contributed by atoms with E-state index in [2.05, 4.69) is 0 Å². The second-order valence-corrected chi connectivity index (χ2v) is 4.56. The molecular formula is C10H11ClO5S. The minimum Gasteiger partial charge on any atom is -0.495 e. The zero-order chi connectivity index (χ0) is 13.2. The lowest BCUT2D eigenvalue weighted by Gasteiger charge is -2.23. The third kappa shape index (κ3) is 2.59. The first-order chi connectivity index (χ1) is 7.93. The number of methoxy groups -OCH3 is 2. The van der Waals surface area contributed by atoms with Gasteiger partial charge in [-0.25, -0.2) is 0 Å². The van der Waals surface area contributed by atoms with Crippen molar-refractivity contribution in [2.75, 3.05) is 14.2 Å². The molecule has 17 heavy (non-hydrogen) atoms. The Morgan fingerprint density at radius 2 is 2.00 bits per heavy atom. The average molecular weight is 279 g/mol. The molecule has 94 valence electrons. The third-order valence-corrected chi connectivity index (χ3v) is 3.30. The minimum absolute atomic E-state index is 0.0756. The second-order valence-electron chi connectivity index (χ2n) is 3.30. The SMILES string of the molecule is COC1=C(C)C=C(C(=O)Cl)C(OC)C1=S(=O)=O. The molecule has 0 saturated heterocycles. The number of halogens is 1. The Hall–Kier alpha value is -1.11. The molecule has 0 aromatic rings. The molecule has 1 aliphatic carbocycles. The molecule has 0 fully saturated rings. The Morgan fingerprint density at radius 3 is 2.35 bits per heavy atom. The van der Waals surface area contributed by atoms with Crippen molar-refractivity contribution in [3.05, 3.63) is 23.0 Å². The number of ether oxygens (including phenoxy) is 2. The molecule has 1 rings (SSSR count). The fraction of sp³-hybridized carbons (Fsp3) is 0.400. The van der Waals surface area contributed by atoms with Crippen LogP contribution in [0.25, 0.3) is 0 Å². The van der Waals surface area contributed by atoms with E-state index in [-0.39, 0.29) is 16.2 Å². The quantitative estimate of drug-likeness (QED) is 0.561. The van der Waals surface area contributed by atoms with Crippen molar-refractivity contribution in [3.63, 3.8) is 0 Å². The number of allylic oxidation sites excluding steroid dienone is 2. The van der Waals surface area contributed by atoms with E-state index in [1.807, 2.05) is 0 Å². The van der Waals surface area contributed by atoms with Gasteiger partial charge in [-0.2, -0.15) is 8.42 Å². The molecule has 0 aliphatic heterocycles. The van der Waals surface area contributed by atoms with Gasteiger partial charge in [0.05, 0.1) is 7.11 Å². The first kappa shape index (κ1) is 14.0. The van der Waals surface area contributed by atoms with Gasteiger partial charge in [0, 0.05) is 12.7 Å². The van der Waals surface area contributed by atoms with Crippen LogP contribution in [0.5, 0.6) is 0 Å². The largest absolute Gasteiger partial charge is 0.495 e. The predicted molar refractivity (Wildman–Crippen MR) is 63.4 cm³/mol. The Kier molecular flexibility index (Phi) is 4.50. The summed E-state index contributed by atoms with van der Waals surface area (Å²) in [7, 11) is 0.0750. The number of carbonyl (C=O) groups excluding carboxylic acids is 1. The summed E-state index contributed by atoms with van der Waals surface area (Å²) in [5.41, 5.74) is 0.579. The van der Waals surface area contributed by atoms with Gasteiger partial charge < -0.3 is 9.47 Å². The molecule has 0 spiro atoms. The van der Waals surface area contributed by atoms with E-state index >= 15 is 0 Å². The van der Waals surface area contributed by atoms with Gasteiger partial charge in [0.1, 0.15) is 16.7 Å². The van der Waals surface area contributed by atoms with E-state index < -0.39 is 21.6 Å². The highest BCUT2D eigenvalue weighted by molar-refractivity contribution is 7.73. The highest BCUT2D eigenvalue weighted by Gasteiger charge is 2.33. The van der Waals surface area contributed by atoms with Crippen LogP contribution in [0.4, 0.5) is 0 Å². The first-order valence-electron chi connectivity index (χ1n) is 4.59. The van der Waals surface area contributed by atoms with Gasteiger partial charge in [-0.3, -0.25) is 4.79 Å². The van der Waals surface area contributed by atoms with Crippen LogP contribution < -0.4 is 0 Å². The van der Waals surface area contributed by atoms with Crippen molar-refractivity contribution in [3.8, 4) is 0 Å². The fourth-order valence-electron chi connectivity index (χ4n) is 1.65. The van der Waals surface area contributed by atoms with Crippen molar-refractivity contribution in [1.29, 1.82) is 0 Å². The molecule has 0 aromatic carbocycles. The molecule has 0 amide bonds. The van der Waals surface area contributed by atoms with Crippen molar-refractivity contribution in [1.82, 2.24) is 0 Å². The molecule has 1 aliphatic rings. The summed E-state index contributed by atoms with van der Waals surface area (Å²) >= 11 is 5.39.